The summed E-state index contributed by atoms with van der Waals surface area (Å²) >= 11 is 7.85. The molecule has 3 heterocycles. The highest BCUT2D eigenvalue weighted by Gasteiger charge is 2.54. The number of anilines is 1. The number of thiocarbonyl (C=S) groups is 1. The smallest absolute Gasteiger partial charge is 0.442 e. The number of terminal acetylenes is 1. The van der Waals surface area contributed by atoms with Crippen molar-refractivity contribution in [1.82, 2.24) is 15.2 Å². The number of thiazole rings is 1. The first-order valence-corrected chi connectivity index (χ1v) is 12.8. The Morgan fingerprint density at radius 3 is 2.72 bits per heavy atom. The number of carbonyl (C=O) groups excluding carboxylic acids is 3. The fraction of sp³-hybridized carbons (Fsp3) is 0.429. The number of hydrogen-bond acceptors (Lipinski definition) is 13. The number of oxime groups is 1. The van der Waals surface area contributed by atoms with Gasteiger partial charge in [0.2, 0.25) is 11.3 Å². The van der Waals surface area contributed by atoms with E-state index >= 15 is 0 Å². The number of β-lactam (4-membered cyclic amide) rings is 1. The number of nitrogens with zero attached hydrogens (tertiary/aromatic N) is 3. The zero-order valence-electron chi connectivity index (χ0n) is 19.4. The quantitative estimate of drug-likeness (QED) is 0.0628. The van der Waals surface area contributed by atoms with Crippen molar-refractivity contribution >= 4 is 69.2 Å². The summed E-state index contributed by atoms with van der Waals surface area (Å²) in [6.07, 6.45) is 3.29. The summed E-state index contributed by atoms with van der Waals surface area (Å²) in [4.78, 5) is 42.8. The number of nitrogens with one attached hydrogen (secondary N) is 1. The van der Waals surface area contributed by atoms with Crippen LogP contribution >= 0.6 is 35.3 Å². The Morgan fingerprint density at radius 1 is 1.42 bits per heavy atom. The molecule has 2 amide bonds. The van der Waals surface area contributed by atoms with Crippen LogP contribution in [0.1, 0.15) is 32.9 Å². The number of thioether (sulfide) groups is 1. The first kappa shape index (κ1) is 27.2. The molecule has 1 unspecified atom stereocenters. The molecule has 1 aromatic heterocycles. The molecule has 3 rings (SSSR count). The minimum Gasteiger partial charge on any atom is -0.442 e. The fourth-order valence-electron chi connectivity index (χ4n) is 3.34. The van der Waals surface area contributed by atoms with Crippen molar-refractivity contribution in [3.05, 3.63) is 22.3 Å². The normalized spacial score (nSPS) is 20.1. The molecule has 1 aromatic rings. The number of fused-ring (bicyclic) bond motifs is 1. The van der Waals surface area contributed by atoms with E-state index in [4.69, 9.17) is 38.6 Å². The van der Waals surface area contributed by atoms with E-state index in [2.05, 4.69) is 21.4 Å². The highest BCUT2D eigenvalue weighted by molar-refractivity contribution is 8.00. The Morgan fingerprint density at radius 2 is 2.14 bits per heavy atom. The van der Waals surface area contributed by atoms with E-state index in [0.29, 0.717) is 11.3 Å². The minimum absolute atomic E-state index is 0.0777. The molecule has 0 radical (unpaired) electrons. The van der Waals surface area contributed by atoms with E-state index in [1.165, 1.54) is 29.0 Å². The Kier molecular flexibility index (Phi) is 8.77. The zero-order chi connectivity index (χ0) is 26.6. The predicted molar refractivity (Wildman–Crippen MR) is 136 cm³/mol. The number of rotatable bonds is 8. The van der Waals surface area contributed by atoms with Gasteiger partial charge in [0, 0.05) is 24.5 Å². The third-order valence-electron chi connectivity index (χ3n) is 4.79. The lowest BCUT2D eigenvalue weighted by molar-refractivity contribution is -0.144. The van der Waals surface area contributed by atoms with Gasteiger partial charge in [-0.05, 0) is 31.6 Å². The maximum absolute atomic E-state index is 13.1. The average molecular weight is 554 g/mol. The molecule has 36 heavy (non-hydrogen) atoms. The summed E-state index contributed by atoms with van der Waals surface area (Å²) in [6, 6.07) is -0.935. The van der Waals surface area contributed by atoms with Gasteiger partial charge in [-0.25, -0.2) is 9.78 Å². The summed E-state index contributed by atoms with van der Waals surface area (Å²) in [7, 11) is 0. The number of nitrogen functional groups attached to an aromatic ring is 1. The monoisotopic (exact) mass is 553 g/mol. The number of amides is 2. The third kappa shape index (κ3) is 5.89. The van der Waals surface area contributed by atoms with Crippen LogP contribution in [-0.4, -0.2) is 73.4 Å². The lowest BCUT2D eigenvalue weighted by Gasteiger charge is -2.50. The summed E-state index contributed by atoms with van der Waals surface area (Å²) in [5.41, 5.74) is 6.24. The van der Waals surface area contributed by atoms with Gasteiger partial charge < -0.3 is 30.5 Å². The van der Waals surface area contributed by atoms with Gasteiger partial charge in [-0.3, -0.25) is 14.5 Å². The van der Waals surface area contributed by atoms with E-state index < -0.39 is 35.7 Å². The van der Waals surface area contributed by atoms with Gasteiger partial charge in [0.15, 0.2) is 10.8 Å². The van der Waals surface area contributed by atoms with Crippen LogP contribution in [0.5, 0.6) is 0 Å². The zero-order valence-corrected chi connectivity index (χ0v) is 21.9. The van der Waals surface area contributed by atoms with Gasteiger partial charge in [0.05, 0.1) is 6.10 Å². The molecule has 1 fully saturated rings. The number of ether oxygens (including phenoxy) is 3. The lowest BCUT2D eigenvalue weighted by atomic mass is 10.0. The Bertz CT molecular complexity index is 1170. The first-order valence-electron chi connectivity index (χ1n) is 10.5. The van der Waals surface area contributed by atoms with Crippen molar-refractivity contribution in [2.75, 3.05) is 11.5 Å². The maximum atomic E-state index is 13.1. The molecule has 1 saturated heterocycles. The molecule has 0 spiro atoms. The van der Waals surface area contributed by atoms with Crippen molar-refractivity contribution in [2.45, 2.75) is 51.0 Å². The molecule has 0 aliphatic carbocycles. The Hall–Kier alpha value is -3.35. The van der Waals surface area contributed by atoms with Crippen molar-refractivity contribution < 1.29 is 33.8 Å². The second-order valence-corrected chi connectivity index (χ2v) is 10.1. The van der Waals surface area contributed by atoms with Gasteiger partial charge in [0.1, 0.15) is 22.8 Å². The topological polar surface area (TPSA) is 166 Å². The van der Waals surface area contributed by atoms with Crippen LogP contribution in [0.15, 0.2) is 21.8 Å². The van der Waals surface area contributed by atoms with E-state index in [1.807, 2.05) is 0 Å². The molecule has 0 saturated carbocycles. The number of hydrogen-bond donors (Lipinski definition) is 3. The van der Waals surface area contributed by atoms with E-state index in [9.17, 15) is 19.6 Å². The van der Waals surface area contributed by atoms with E-state index in [1.54, 1.807) is 13.8 Å². The number of nitrogens with two attached hydrogens (primary N) is 1. The third-order valence-corrected chi connectivity index (χ3v) is 7.09. The molecule has 15 heteroatoms. The van der Waals surface area contributed by atoms with Gasteiger partial charge in [-0.15, -0.1) is 35.4 Å². The summed E-state index contributed by atoms with van der Waals surface area (Å²) < 4.78 is 15.5. The van der Waals surface area contributed by atoms with Gasteiger partial charge >= 0.3 is 6.16 Å². The van der Waals surface area contributed by atoms with Crippen molar-refractivity contribution in [1.29, 1.82) is 0 Å². The number of carbonyl (C=O) groups is 3. The molecule has 0 bridgehead atoms. The highest BCUT2D eigenvalue weighted by Crippen LogP contribution is 2.41. The van der Waals surface area contributed by atoms with Gasteiger partial charge in [-0.1, -0.05) is 5.16 Å². The summed E-state index contributed by atoms with van der Waals surface area (Å²) in [6.45, 7) is 4.79. The fourth-order valence-corrected chi connectivity index (χ4v) is 5.61. The van der Waals surface area contributed by atoms with Crippen LogP contribution in [0, 0.1) is 12.3 Å². The highest BCUT2D eigenvalue weighted by atomic mass is 32.2. The van der Waals surface area contributed by atoms with Crippen LogP contribution in [0.2, 0.25) is 0 Å². The minimum atomic E-state index is -1.10. The summed E-state index contributed by atoms with van der Waals surface area (Å²) in [5, 5.41) is 15.9. The average Bonchev–Trinajstić information content (AvgIpc) is 3.22. The molecule has 192 valence electrons. The molecular formula is C21H23N5O7S3. The molecule has 4 N–H and O–H groups in total. The Balaban J connectivity index is 1.73. The predicted octanol–water partition coefficient (Wildman–Crippen LogP) is 1.83. The Labute approximate surface area is 220 Å². The van der Waals surface area contributed by atoms with Gasteiger partial charge in [-0.2, -0.15) is 0 Å². The van der Waals surface area contributed by atoms with Crippen molar-refractivity contribution in [2.24, 2.45) is 5.16 Å². The molecule has 12 nitrogen and oxygen atoms in total. The molecule has 2 aliphatic heterocycles. The summed E-state index contributed by atoms with van der Waals surface area (Å²) in [5.74, 6) is 1.67. The van der Waals surface area contributed by atoms with Crippen molar-refractivity contribution in [3.63, 3.8) is 0 Å². The second kappa shape index (κ2) is 11.6. The lowest BCUT2D eigenvalue weighted by Crippen LogP contribution is -2.71. The number of aromatic nitrogens is 1. The molecule has 2 aliphatic rings. The van der Waals surface area contributed by atoms with E-state index in [-0.39, 0.29) is 39.8 Å². The first-order chi connectivity index (χ1) is 17.1. The molecule has 0 aromatic carbocycles. The molecule has 3 atom stereocenters. The largest absolute Gasteiger partial charge is 0.511 e. The van der Waals surface area contributed by atoms with Crippen LogP contribution in [0.3, 0.4) is 0 Å². The van der Waals surface area contributed by atoms with Crippen LogP contribution in [0.25, 0.3) is 0 Å². The van der Waals surface area contributed by atoms with E-state index in [0.717, 1.165) is 11.3 Å². The van der Waals surface area contributed by atoms with Crippen LogP contribution in [-0.2, 0) is 23.8 Å². The maximum Gasteiger partial charge on any atom is 0.511 e. The van der Waals surface area contributed by atoms with Gasteiger partial charge in [0.25, 0.3) is 11.8 Å². The standard InChI is InChI=1S/C21H23N5O7S3/c1-5-6-11-7-35-18-14(24-16(27)13(25-30)12-8-36-20(22)23-12)17(28)26(18)15(11)19(34)32-10(4)33-21(29)31-9(2)3/h1,8-10,14,18,30H,6-7H2,2-4H3,(H2,22,23)(H,24,27)/b25-13-/t10?,14-,18-/m1/s1. The molecular weight excluding hydrogens is 530 g/mol. The SMILES string of the molecule is C#CCC1=C(C(=S)OC(C)OC(=O)OC(C)C)N2C(=O)[C@@H](NC(=O)/C(=N\O)c3csc(N)n3)[C@H]2SC1. The van der Waals surface area contributed by atoms with Crippen molar-refractivity contribution in [3.8, 4) is 12.3 Å². The second-order valence-electron chi connectivity index (χ2n) is 7.72. The van der Waals surface area contributed by atoms with Crippen LogP contribution < -0.4 is 11.1 Å². The van der Waals surface area contributed by atoms with Crippen LogP contribution in [0.4, 0.5) is 9.93 Å².